The summed E-state index contributed by atoms with van der Waals surface area (Å²) in [6.45, 7) is 3.65. The molecule has 5 nitrogen and oxygen atoms in total. The summed E-state index contributed by atoms with van der Waals surface area (Å²) in [5.74, 6) is -0.259. The van der Waals surface area contributed by atoms with E-state index in [1.165, 1.54) is 0 Å². The lowest BCUT2D eigenvalue weighted by atomic mass is 9.95. The molecule has 0 aromatic heterocycles. The second-order valence-electron chi connectivity index (χ2n) is 5.48. The minimum atomic E-state index is -0.259. The SMILES string of the molecule is COC1CCCC(OC(=O)COC2(C)CNC2)C1. The molecule has 2 atom stereocenters. The Hall–Kier alpha value is -0.650. The maximum Gasteiger partial charge on any atom is 0.332 e. The standard InChI is InChI=1S/C13H23NO4/c1-13(8-14-9-13)17-7-12(15)18-11-5-3-4-10(6-11)16-2/h10-11,14H,3-9H2,1-2H3. The molecule has 0 aromatic carbocycles. The number of nitrogens with one attached hydrogen (secondary N) is 1. The summed E-state index contributed by atoms with van der Waals surface area (Å²) in [5, 5.41) is 3.13. The van der Waals surface area contributed by atoms with Crippen molar-refractivity contribution in [2.75, 3.05) is 26.8 Å². The fourth-order valence-electron chi connectivity index (χ4n) is 2.46. The van der Waals surface area contributed by atoms with Gasteiger partial charge in [-0.2, -0.15) is 0 Å². The lowest BCUT2D eigenvalue weighted by molar-refractivity contribution is -0.166. The highest BCUT2D eigenvalue weighted by Crippen LogP contribution is 2.23. The van der Waals surface area contributed by atoms with Gasteiger partial charge in [-0.05, 0) is 26.2 Å². The summed E-state index contributed by atoms with van der Waals surface area (Å²) in [6.07, 6.45) is 4.08. The van der Waals surface area contributed by atoms with Gasteiger partial charge in [0, 0.05) is 26.6 Å². The minimum Gasteiger partial charge on any atom is -0.461 e. The average Bonchev–Trinajstić information content (AvgIpc) is 2.34. The van der Waals surface area contributed by atoms with Gasteiger partial charge in [0.05, 0.1) is 11.7 Å². The molecule has 0 spiro atoms. The molecule has 1 aliphatic carbocycles. The van der Waals surface area contributed by atoms with E-state index >= 15 is 0 Å². The van der Waals surface area contributed by atoms with Gasteiger partial charge in [-0.3, -0.25) is 0 Å². The summed E-state index contributed by atoms with van der Waals surface area (Å²) < 4.78 is 16.3. The van der Waals surface area contributed by atoms with Crippen LogP contribution in [0.25, 0.3) is 0 Å². The molecule has 2 rings (SSSR count). The van der Waals surface area contributed by atoms with Crippen LogP contribution in [-0.2, 0) is 19.0 Å². The van der Waals surface area contributed by atoms with Crippen LogP contribution in [0.1, 0.15) is 32.6 Å². The average molecular weight is 257 g/mol. The highest BCUT2D eigenvalue weighted by atomic mass is 16.6. The third kappa shape index (κ3) is 3.67. The van der Waals surface area contributed by atoms with Gasteiger partial charge in [0.2, 0.25) is 0 Å². The second-order valence-corrected chi connectivity index (χ2v) is 5.48. The first kappa shape index (κ1) is 13.8. The molecule has 2 aliphatic rings. The monoisotopic (exact) mass is 257 g/mol. The Morgan fingerprint density at radius 3 is 2.67 bits per heavy atom. The van der Waals surface area contributed by atoms with Crippen molar-refractivity contribution in [3.63, 3.8) is 0 Å². The molecule has 1 saturated heterocycles. The predicted molar refractivity (Wildman–Crippen MR) is 66.4 cm³/mol. The molecular weight excluding hydrogens is 234 g/mol. The normalized spacial score (nSPS) is 30.6. The summed E-state index contributed by atoms with van der Waals surface area (Å²) in [7, 11) is 1.71. The summed E-state index contributed by atoms with van der Waals surface area (Å²) in [4.78, 5) is 11.7. The van der Waals surface area contributed by atoms with Crippen LogP contribution in [0.2, 0.25) is 0 Å². The van der Waals surface area contributed by atoms with E-state index in [4.69, 9.17) is 14.2 Å². The van der Waals surface area contributed by atoms with Crippen LogP contribution in [0.5, 0.6) is 0 Å². The van der Waals surface area contributed by atoms with E-state index in [0.717, 1.165) is 38.8 Å². The topological polar surface area (TPSA) is 56.8 Å². The van der Waals surface area contributed by atoms with E-state index in [9.17, 15) is 4.79 Å². The zero-order chi connectivity index (χ0) is 13.0. The first-order chi connectivity index (χ1) is 8.61. The van der Waals surface area contributed by atoms with Crippen LogP contribution < -0.4 is 5.32 Å². The number of carbonyl (C=O) groups excluding carboxylic acids is 1. The van der Waals surface area contributed by atoms with Gasteiger partial charge in [0.15, 0.2) is 0 Å². The highest BCUT2D eigenvalue weighted by molar-refractivity contribution is 5.71. The Morgan fingerprint density at radius 1 is 1.33 bits per heavy atom. The van der Waals surface area contributed by atoms with Crippen molar-refractivity contribution in [1.82, 2.24) is 5.32 Å². The minimum absolute atomic E-state index is 0.00729. The molecule has 0 aromatic rings. The molecule has 104 valence electrons. The van der Waals surface area contributed by atoms with Crippen molar-refractivity contribution in [2.24, 2.45) is 0 Å². The third-order valence-electron chi connectivity index (χ3n) is 3.75. The van der Waals surface area contributed by atoms with E-state index in [2.05, 4.69) is 5.32 Å². The molecule has 0 bridgehead atoms. The van der Waals surface area contributed by atoms with E-state index in [1.54, 1.807) is 7.11 Å². The quantitative estimate of drug-likeness (QED) is 0.740. The third-order valence-corrected chi connectivity index (χ3v) is 3.75. The molecular formula is C13H23NO4. The smallest absolute Gasteiger partial charge is 0.332 e. The van der Waals surface area contributed by atoms with Crippen molar-refractivity contribution in [3.8, 4) is 0 Å². The van der Waals surface area contributed by atoms with Gasteiger partial charge in [0.1, 0.15) is 12.7 Å². The second kappa shape index (κ2) is 5.99. The number of carbonyl (C=O) groups is 1. The summed E-state index contributed by atoms with van der Waals surface area (Å²) in [5.41, 5.74) is -0.194. The zero-order valence-electron chi connectivity index (χ0n) is 11.2. The van der Waals surface area contributed by atoms with Crippen LogP contribution in [0.15, 0.2) is 0 Å². The fourth-order valence-corrected chi connectivity index (χ4v) is 2.46. The molecule has 1 aliphatic heterocycles. The van der Waals surface area contributed by atoms with Crippen LogP contribution in [0.4, 0.5) is 0 Å². The zero-order valence-corrected chi connectivity index (χ0v) is 11.2. The molecule has 1 N–H and O–H groups in total. The van der Waals surface area contributed by atoms with E-state index < -0.39 is 0 Å². The largest absolute Gasteiger partial charge is 0.461 e. The van der Waals surface area contributed by atoms with E-state index in [0.29, 0.717) is 0 Å². The number of methoxy groups -OCH3 is 1. The molecule has 18 heavy (non-hydrogen) atoms. The lowest BCUT2D eigenvalue weighted by Gasteiger charge is -2.38. The van der Waals surface area contributed by atoms with Crippen molar-refractivity contribution < 1.29 is 19.0 Å². The summed E-state index contributed by atoms with van der Waals surface area (Å²) >= 11 is 0. The van der Waals surface area contributed by atoms with Gasteiger partial charge in [0.25, 0.3) is 0 Å². The van der Waals surface area contributed by atoms with Crippen molar-refractivity contribution in [2.45, 2.75) is 50.4 Å². The van der Waals surface area contributed by atoms with Crippen LogP contribution in [0.3, 0.4) is 0 Å². The molecule has 0 radical (unpaired) electrons. The van der Waals surface area contributed by atoms with E-state index in [-0.39, 0.29) is 30.4 Å². The maximum absolute atomic E-state index is 11.7. The van der Waals surface area contributed by atoms with Crippen molar-refractivity contribution in [1.29, 1.82) is 0 Å². The highest BCUT2D eigenvalue weighted by Gasteiger charge is 2.33. The van der Waals surface area contributed by atoms with E-state index in [1.807, 2.05) is 6.92 Å². The molecule has 2 fully saturated rings. The van der Waals surface area contributed by atoms with Crippen LogP contribution in [0, 0.1) is 0 Å². The number of hydrogen-bond acceptors (Lipinski definition) is 5. The Balaban J connectivity index is 1.67. The van der Waals surface area contributed by atoms with Crippen LogP contribution in [-0.4, -0.2) is 50.6 Å². The molecule has 5 heteroatoms. The van der Waals surface area contributed by atoms with Gasteiger partial charge >= 0.3 is 5.97 Å². The van der Waals surface area contributed by atoms with Gasteiger partial charge in [-0.1, -0.05) is 0 Å². The number of esters is 1. The Kier molecular flexibility index (Phi) is 4.59. The maximum atomic E-state index is 11.7. The van der Waals surface area contributed by atoms with Crippen molar-refractivity contribution in [3.05, 3.63) is 0 Å². The number of ether oxygens (including phenoxy) is 3. The number of rotatable bonds is 5. The van der Waals surface area contributed by atoms with Gasteiger partial charge in [-0.25, -0.2) is 4.79 Å². The van der Waals surface area contributed by atoms with Crippen molar-refractivity contribution >= 4 is 5.97 Å². The molecule has 2 unspecified atom stereocenters. The fraction of sp³-hybridized carbons (Fsp3) is 0.923. The Morgan fingerprint density at radius 2 is 2.06 bits per heavy atom. The molecule has 0 amide bonds. The Bertz CT molecular complexity index is 291. The first-order valence-corrected chi connectivity index (χ1v) is 6.68. The van der Waals surface area contributed by atoms with Crippen LogP contribution >= 0.6 is 0 Å². The molecule has 1 saturated carbocycles. The number of hydrogen-bond donors (Lipinski definition) is 1. The predicted octanol–water partition coefficient (Wildman–Crippen LogP) is 0.866. The first-order valence-electron chi connectivity index (χ1n) is 6.68. The molecule has 1 heterocycles. The van der Waals surface area contributed by atoms with Gasteiger partial charge < -0.3 is 19.5 Å². The Labute approximate surface area is 108 Å². The summed E-state index contributed by atoms with van der Waals surface area (Å²) in [6, 6.07) is 0. The van der Waals surface area contributed by atoms with Gasteiger partial charge in [-0.15, -0.1) is 0 Å². The lowest BCUT2D eigenvalue weighted by Crippen LogP contribution is -2.59.